The summed E-state index contributed by atoms with van der Waals surface area (Å²) in [6.07, 6.45) is -1.62. The smallest absolute Gasteiger partial charge is 0.397 e. The zero-order valence-corrected chi connectivity index (χ0v) is 9.87. The minimum absolute atomic E-state index is 0.184. The van der Waals surface area contributed by atoms with Gasteiger partial charge in [0.2, 0.25) is 0 Å². The first-order valence-electron chi connectivity index (χ1n) is 5.57. The molecule has 0 aliphatic heterocycles. The third kappa shape index (κ3) is 2.77. The fraction of sp³-hybridized carbons (Fsp3) is 0.545. The molecular formula is C11H14F3N3O. The van der Waals surface area contributed by atoms with Gasteiger partial charge in [-0.05, 0) is 18.9 Å². The Morgan fingerprint density at radius 2 is 2.17 bits per heavy atom. The number of hydrogen-bond donors (Lipinski definition) is 1. The van der Waals surface area contributed by atoms with E-state index < -0.39 is 18.6 Å². The number of alkyl halides is 3. The molecule has 0 saturated heterocycles. The molecule has 1 fully saturated rings. The van der Waals surface area contributed by atoms with E-state index in [1.165, 1.54) is 16.8 Å². The third-order valence-corrected chi connectivity index (χ3v) is 2.84. The van der Waals surface area contributed by atoms with Crippen molar-refractivity contribution < 1.29 is 18.0 Å². The molecule has 0 aromatic carbocycles. The number of nitrogen functional groups attached to an aromatic ring is 1. The molecule has 1 aromatic rings. The number of carbonyl (C=O) groups excluding carboxylic acids is 1. The standard InChI is InChI=1S/C11H14F3N3O/c1-16-5-7(15)4-9(16)10(18)17(8-2-3-8)6-11(12,13)14/h4-5,8H,2-3,6,15H2,1H3. The van der Waals surface area contributed by atoms with Gasteiger partial charge in [0.25, 0.3) is 5.91 Å². The molecule has 100 valence electrons. The van der Waals surface area contributed by atoms with Gasteiger partial charge in [-0.1, -0.05) is 0 Å². The molecule has 0 bridgehead atoms. The van der Waals surface area contributed by atoms with E-state index in [1.807, 2.05) is 0 Å². The van der Waals surface area contributed by atoms with Crippen molar-refractivity contribution in [3.8, 4) is 0 Å². The maximum absolute atomic E-state index is 12.5. The van der Waals surface area contributed by atoms with Crippen LogP contribution in [0.1, 0.15) is 23.3 Å². The first kappa shape index (κ1) is 12.8. The van der Waals surface area contributed by atoms with Crippen LogP contribution in [0.25, 0.3) is 0 Å². The van der Waals surface area contributed by atoms with Crippen molar-refractivity contribution in [3.05, 3.63) is 18.0 Å². The van der Waals surface area contributed by atoms with Gasteiger partial charge in [-0.25, -0.2) is 0 Å². The highest BCUT2D eigenvalue weighted by molar-refractivity contribution is 5.94. The van der Waals surface area contributed by atoms with E-state index in [0.717, 1.165) is 4.90 Å². The molecule has 1 aliphatic carbocycles. The van der Waals surface area contributed by atoms with E-state index in [1.54, 1.807) is 7.05 Å². The quantitative estimate of drug-likeness (QED) is 0.901. The molecule has 2 N–H and O–H groups in total. The number of halogens is 3. The van der Waals surface area contributed by atoms with Crippen molar-refractivity contribution in [2.45, 2.75) is 25.1 Å². The number of aryl methyl sites for hydroxylation is 1. The number of carbonyl (C=O) groups is 1. The second-order valence-corrected chi connectivity index (χ2v) is 4.55. The van der Waals surface area contributed by atoms with Crippen LogP contribution >= 0.6 is 0 Å². The largest absolute Gasteiger partial charge is 0.406 e. The van der Waals surface area contributed by atoms with E-state index >= 15 is 0 Å². The van der Waals surface area contributed by atoms with Crippen LogP contribution in [0.4, 0.5) is 18.9 Å². The van der Waals surface area contributed by atoms with Gasteiger partial charge < -0.3 is 15.2 Å². The van der Waals surface area contributed by atoms with Crippen LogP contribution in [0.2, 0.25) is 0 Å². The Bertz CT molecular complexity index is 463. The summed E-state index contributed by atoms with van der Waals surface area (Å²) in [5.74, 6) is -0.617. The lowest BCUT2D eigenvalue weighted by atomic mass is 10.3. The Hall–Kier alpha value is -1.66. The van der Waals surface area contributed by atoms with E-state index in [2.05, 4.69) is 0 Å². The number of nitrogens with zero attached hydrogens (tertiary/aromatic N) is 2. The molecule has 18 heavy (non-hydrogen) atoms. The Kier molecular flexibility index (Phi) is 3.00. The van der Waals surface area contributed by atoms with E-state index in [9.17, 15) is 18.0 Å². The monoisotopic (exact) mass is 261 g/mol. The SMILES string of the molecule is Cn1cc(N)cc1C(=O)N(CC(F)(F)F)C1CC1. The van der Waals surface area contributed by atoms with Crippen molar-refractivity contribution in [2.75, 3.05) is 12.3 Å². The summed E-state index contributed by atoms with van der Waals surface area (Å²) in [5, 5.41) is 0. The molecule has 1 amide bonds. The minimum Gasteiger partial charge on any atom is -0.397 e. The van der Waals surface area contributed by atoms with Crippen molar-refractivity contribution in [2.24, 2.45) is 7.05 Å². The predicted octanol–water partition coefficient (Wildman–Crippen LogP) is 1.77. The summed E-state index contributed by atoms with van der Waals surface area (Å²) in [6, 6.07) is 1.10. The molecular weight excluding hydrogens is 247 g/mol. The van der Waals surface area contributed by atoms with E-state index in [-0.39, 0.29) is 11.7 Å². The molecule has 1 saturated carbocycles. The van der Waals surface area contributed by atoms with Crippen molar-refractivity contribution in [3.63, 3.8) is 0 Å². The maximum atomic E-state index is 12.5. The zero-order valence-electron chi connectivity index (χ0n) is 9.87. The molecule has 1 aromatic heterocycles. The summed E-state index contributed by atoms with van der Waals surface area (Å²) < 4.78 is 38.8. The topological polar surface area (TPSA) is 51.3 Å². The van der Waals surface area contributed by atoms with Gasteiger partial charge in [0.15, 0.2) is 0 Å². The molecule has 7 heteroatoms. The summed E-state index contributed by atoms with van der Waals surface area (Å²) in [5.41, 5.74) is 6.07. The Morgan fingerprint density at radius 1 is 1.56 bits per heavy atom. The third-order valence-electron chi connectivity index (χ3n) is 2.84. The maximum Gasteiger partial charge on any atom is 0.406 e. The average molecular weight is 261 g/mol. The summed E-state index contributed by atoms with van der Waals surface area (Å²) in [6.45, 7) is -1.21. The number of anilines is 1. The fourth-order valence-corrected chi connectivity index (χ4v) is 1.90. The van der Waals surface area contributed by atoms with Crippen LogP contribution in [0.5, 0.6) is 0 Å². The number of rotatable bonds is 3. The lowest BCUT2D eigenvalue weighted by molar-refractivity contribution is -0.141. The highest BCUT2D eigenvalue weighted by Crippen LogP contribution is 2.31. The van der Waals surface area contributed by atoms with E-state index in [0.29, 0.717) is 18.5 Å². The predicted molar refractivity (Wildman–Crippen MR) is 59.9 cm³/mol. The second-order valence-electron chi connectivity index (χ2n) is 4.55. The zero-order chi connectivity index (χ0) is 13.5. The second kappa shape index (κ2) is 4.22. The van der Waals surface area contributed by atoms with Gasteiger partial charge in [-0.2, -0.15) is 13.2 Å². The fourth-order valence-electron chi connectivity index (χ4n) is 1.90. The van der Waals surface area contributed by atoms with Crippen molar-refractivity contribution >= 4 is 11.6 Å². The molecule has 1 heterocycles. The summed E-state index contributed by atoms with van der Waals surface area (Å²) >= 11 is 0. The lowest BCUT2D eigenvalue weighted by Gasteiger charge is -2.23. The summed E-state index contributed by atoms with van der Waals surface area (Å²) in [7, 11) is 1.59. The van der Waals surface area contributed by atoms with Crippen LogP contribution in [-0.4, -0.2) is 34.1 Å². The van der Waals surface area contributed by atoms with Gasteiger partial charge in [0.05, 0.1) is 5.69 Å². The van der Waals surface area contributed by atoms with Gasteiger partial charge in [-0.3, -0.25) is 4.79 Å². The van der Waals surface area contributed by atoms with Crippen molar-refractivity contribution in [1.29, 1.82) is 0 Å². The first-order chi connectivity index (χ1) is 8.28. The minimum atomic E-state index is -4.38. The van der Waals surface area contributed by atoms with Crippen LogP contribution in [-0.2, 0) is 7.05 Å². The Morgan fingerprint density at radius 3 is 2.56 bits per heavy atom. The molecule has 0 radical (unpaired) electrons. The van der Waals surface area contributed by atoms with Crippen molar-refractivity contribution in [1.82, 2.24) is 9.47 Å². The van der Waals surface area contributed by atoms with Crippen LogP contribution in [0, 0.1) is 0 Å². The molecule has 4 nitrogen and oxygen atoms in total. The first-order valence-corrected chi connectivity index (χ1v) is 5.57. The van der Waals surface area contributed by atoms with Gasteiger partial charge in [0.1, 0.15) is 12.2 Å². The highest BCUT2D eigenvalue weighted by Gasteiger charge is 2.41. The molecule has 0 unspecified atom stereocenters. The number of hydrogen-bond acceptors (Lipinski definition) is 2. The normalized spacial score (nSPS) is 15.8. The van der Waals surface area contributed by atoms with Crippen LogP contribution in [0.3, 0.4) is 0 Å². The number of aromatic nitrogens is 1. The van der Waals surface area contributed by atoms with Gasteiger partial charge >= 0.3 is 6.18 Å². The van der Waals surface area contributed by atoms with E-state index in [4.69, 9.17) is 5.73 Å². The van der Waals surface area contributed by atoms with Gasteiger partial charge in [-0.15, -0.1) is 0 Å². The van der Waals surface area contributed by atoms with Gasteiger partial charge in [0, 0.05) is 19.3 Å². The highest BCUT2D eigenvalue weighted by atomic mass is 19.4. The van der Waals surface area contributed by atoms with Crippen LogP contribution in [0.15, 0.2) is 12.3 Å². The number of nitrogens with two attached hydrogens (primary N) is 1. The van der Waals surface area contributed by atoms with Crippen LogP contribution < -0.4 is 5.73 Å². The molecule has 1 aliphatic rings. The Balaban J connectivity index is 2.21. The average Bonchev–Trinajstić information content (AvgIpc) is 2.99. The number of amides is 1. The molecule has 0 atom stereocenters. The lowest BCUT2D eigenvalue weighted by Crippen LogP contribution is -2.41. The Labute approximate surface area is 102 Å². The molecule has 0 spiro atoms. The summed E-state index contributed by atoms with van der Waals surface area (Å²) in [4.78, 5) is 13.0. The molecule has 2 rings (SSSR count).